The quantitative estimate of drug-likeness (QED) is 0.259. The zero-order chi connectivity index (χ0) is 26.0. The third-order valence-electron chi connectivity index (χ3n) is 6.07. The van der Waals surface area contributed by atoms with Crippen LogP contribution in [0.25, 0.3) is 0 Å². The van der Waals surface area contributed by atoms with E-state index in [1.165, 1.54) is 4.90 Å². The van der Waals surface area contributed by atoms with E-state index in [1.54, 1.807) is 6.92 Å². The second kappa shape index (κ2) is 14.1. The lowest BCUT2D eigenvalue weighted by atomic mass is 9.94. The Labute approximate surface area is 204 Å². The minimum absolute atomic E-state index is 0.0874. The molecule has 1 rings (SSSR count). The van der Waals surface area contributed by atoms with Crippen molar-refractivity contribution in [3.05, 3.63) is 0 Å². The van der Waals surface area contributed by atoms with Crippen molar-refractivity contribution in [2.24, 2.45) is 23.7 Å². The van der Waals surface area contributed by atoms with Gasteiger partial charge in [-0.1, -0.05) is 48.0 Å². The molecule has 9 nitrogen and oxygen atoms in total. The molecular weight excluding hydrogens is 436 g/mol. The fourth-order valence-corrected chi connectivity index (χ4v) is 3.80. The largest absolute Gasteiger partial charge is 0.354 e. The third-order valence-corrected chi connectivity index (χ3v) is 6.07. The average molecular weight is 481 g/mol. The molecule has 0 radical (unpaired) electrons. The number of imide groups is 1. The van der Waals surface area contributed by atoms with Crippen LogP contribution in [0.3, 0.4) is 0 Å². The van der Waals surface area contributed by atoms with E-state index in [1.807, 2.05) is 41.5 Å². The molecule has 34 heavy (non-hydrogen) atoms. The van der Waals surface area contributed by atoms with Crippen LogP contribution >= 0.6 is 0 Å². The standard InChI is InChI=1S/C25H44N4O5/c1-15(2)14-26-23(32)18(7)27-24(33)22(17(5)6)28-20(30)11-9-8-10-12-29-21(31)13-19(16(3)4)25(29)34/h15-19,22H,8-14H2,1-7H3,(H,26,32)(H,27,33)(H,28,30)/t18-,19?,22-/m0/s1. The van der Waals surface area contributed by atoms with Gasteiger partial charge in [0.15, 0.2) is 0 Å². The van der Waals surface area contributed by atoms with Crippen molar-refractivity contribution in [3.8, 4) is 0 Å². The van der Waals surface area contributed by atoms with Gasteiger partial charge in [0.1, 0.15) is 12.1 Å². The second-order valence-electron chi connectivity index (χ2n) is 10.4. The maximum absolute atomic E-state index is 12.7. The van der Waals surface area contributed by atoms with Crippen molar-refractivity contribution in [2.75, 3.05) is 13.1 Å². The monoisotopic (exact) mass is 480 g/mol. The van der Waals surface area contributed by atoms with Crippen LogP contribution in [0.5, 0.6) is 0 Å². The highest BCUT2D eigenvalue weighted by Crippen LogP contribution is 2.26. The zero-order valence-corrected chi connectivity index (χ0v) is 21.9. The summed E-state index contributed by atoms with van der Waals surface area (Å²) in [6.45, 7) is 14.1. The number of hydrogen-bond acceptors (Lipinski definition) is 5. The van der Waals surface area contributed by atoms with E-state index in [4.69, 9.17) is 0 Å². The van der Waals surface area contributed by atoms with Gasteiger partial charge in [-0.05, 0) is 37.5 Å². The Bertz CT molecular complexity index is 735. The lowest BCUT2D eigenvalue weighted by molar-refractivity contribution is -0.140. The van der Waals surface area contributed by atoms with Crippen LogP contribution < -0.4 is 16.0 Å². The van der Waals surface area contributed by atoms with E-state index < -0.39 is 12.1 Å². The summed E-state index contributed by atoms with van der Waals surface area (Å²) in [7, 11) is 0. The molecule has 194 valence electrons. The molecule has 1 unspecified atom stereocenters. The van der Waals surface area contributed by atoms with Crippen molar-refractivity contribution in [3.63, 3.8) is 0 Å². The minimum Gasteiger partial charge on any atom is -0.354 e. The number of likely N-dealkylation sites (tertiary alicyclic amines) is 1. The fourth-order valence-electron chi connectivity index (χ4n) is 3.80. The first-order valence-corrected chi connectivity index (χ1v) is 12.6. The van der Waals surface area contributed by atoms with Gasteiger partial charge in [-0.3, -0.25) is 28.9 Å². The van der Waals surface area contributed by atoms with Gasteiger partial charge in [0, 0.05) is 31.8 Å². The lowest BCUT2D eigenvalue weighted by Gasteiger charge is -2.24. The van der Waals surface area contributed by atoms with Crippen LogP contribution in [-0.4, -0.2) is 59.6 Å². The molecule has 3 atom stereocenters. The van der Waals surface area contributed by atoms with E-state index in [9.17, 15) is 24.0 Å². The van der Waals surface area contributed by atoms with Crippen LogP contribution in [0.2, 0.25) is 0 Å². The molecule has 0 aliphatic carbocycles. The first-order valence-electron chi connectivity index (χ1n) is 12.6. The number of carbonyl (C=O) groups excluding carboxylic acids is 5. The Kier molecular flexibility index (Phi) is 12.2. The van der Waals surface area contributed by atoms with E-state index in [0.717, 1.165) is 0 Å². The number of unbranched alkanes of at least 4 members (excludes halogenated alkanes) is 2. The molecule has 1 heterocycles. The van der Waals surface area contributed by atoms with E-state index in [0.29, 0.717) is 38.3 Å². The number of nitrogens with one attached hydrogen (secondary N) is 3. The SMILES string of the molecule is CC(C)CNC(=O)[C@H](C)NC(=O)[C@@H](NC(=O)CCCCCN1C(=O)CC(C(C)C)C1=O)C(C)C. The topological polar surface area (TPSA) is 125 Å². The minimum atomic E-state index is -0.736. The van der Waals surface area contributed by atoms with Gasteiger partial charge in [0.25, 0.3) is 0 Å². The molecule has 1 aliphatic heterocycles. The van der Waals surface area contributed by atoms with Gasteiger partial charge < -0.3 is 16.0 Å². The lowest BCUT2D eigenvalue weighted by Crippen LogP contribution is -2.54. The normalized spacial score (nSPS) is 17.9. The molecule has 3 N–H and O–H groups in total. The molecule has 1 fully saturated rings. The Morgan fingerprint density at radius 1 is 0.912 bits per heavy atom. The van der Waals surface area contributed by atoms with Gasteiger partial charge in [-0.15, -0.1) is 0 Å². The summed E-state index contributed by atoms with van der Waals surface area (Å²) in [5.74, 6) is -0.991. The molecule has 1 saturated heterocycles. The number of rotatable bonds is 14. The summed E-state index contributed by atoms with van der Waals surface area (Å²) in [6.07, 6.45) is 2.47. The maximum Gasteiger partial charge on any atom is 0.243 e. The van der Waals surface area contributed by atoms with Crippen LogP contribution in [0, 0.1) is 23.7 Å². The molecule has 0 aromatic heterocycles. The summed E-state index contributed by atoms with van der Waals surface area (Å²) in [4.78, 5) is 63.0. The Morgan fingerprint density at radius 3 is 2.09 bits per heavy atom. The Hall–Kier alpha value is -2.45. The molecular formula is C25H44N4O5. The van der Waals surface area contributed by atoms with E-state index >= 15 is 0 Å². The Morgan fingerprint density at radius 2 is 1.56 bits per heavy atom. The Balaban J connectivity index is 2.41. The maximum atomic E-state index is 12.7. The molecule has 0 bridgehead atoms. The summed E-state index contributed by atoms with van der Waals surface area (Å²) < 4.78 is 0. The second-order valence-corrected chi connectivity index (χ2v) is 10.4. The fraction of sp³-hybridized carbons (Fsp3) is 0.800. The third kappa shape index (κ3) is 9.43. The molecule has 1 aliphatic rings. The van der Waals surface area contributed by atoms with Gasteiger partial charge in [-0.2, -0.15) is 0 Å². The summed E-state index contributed by atoms with van der Waals surface area (Å²) >= 11 is 0. The van der Waals surface area contributed by atoms with Crippen LogP contribution in [0.4, 0.5) is 0 Å². The van der Waals surface area contributed by atoms with Crippen molar-refractivity contribution in [1.82, 2.24) is 20.9 Å². The first kappa shape index (κ1) is 29.6. The van der Waals surface area contributed by atoms with E-state index in [2.05, 4.69) is 16.0 Å². The van der Waals surface area contributed by atoms with E-state index in [-0.39, 0.29) is 60.1 Å². The van der Waals surface area contributed by atoms with Crippen molar-refractivity contribution in [2.45, 2.75) is 92.7 Å². The molecule has 0 aromatic carbocycles. The van der Waals surface area contributed by atoms with Gasteiger partial charge in [-0.25, -0.2) is 0 Å². The molecule has 5 amide bonds. The molecule has 0 saturated carbocycles. The smallest absolute Gasteiger partial charge is 0.243 e. The molecule has 0 aromatic rings. The van der Waals surface area contributed by atoms with Crippen LogP contribution in [0.15, 0.2) is 0 Å². The number of hydrogen-bond donors (Lipinski definition) is 3. The summed E-state index contributed by atoms with van der Waals surface area (Å²) in [5, 5.41) is 8.24. The zero-order valence-electron chi connectivity index (χ0n) is 21.9. The number of carbonyl (C=O) groups is 5. The predicted molar refractivity (Wildman–Crippen MR) is 130 cm³/mol. The van der Waals surface area contributed by atoms with Gasteiger partial charge in [0.05, 0.1) is 0 Å². The van der Waals surface area contributed by atoms with Crippen LogP contribution in [0.1, 0.15) is 80.6 Å². The summed E-state index contributed by atoms with van der Waals surface area (Å²) in [6, 6.07) is -1.43. The summed E-state index contributed by atoms with van der Waals surface area (Å²) in [5.41, 5.74) is 0. The van der Waals surface area contributed by atoms with Crippen LogP contribution in [-0.2, 0) is 24.0 Å². The first-order chi connectivity index (χ1) is 15.8. The predicted octanol–water partition coefficient (Wildman–Crippen LogP) is 2.00. The molecule has 9 heteroatoms. The number of nitrogens with zero attached hydrogens (tertiary/aromatic N) is 1. The van der Waals surface area contributed by atoms with Gasteiger partial charge in [0.2, 0.25) is 29.5 Å². The van der Waals surface area contributed by atoms with Gasteiger partial charge >= 0.3 is 0 Å². The number of amides is 5. The van der Waals surface area contributed by atoms with Crippen molar-refractivity contribution < 1.29 is 24.0 Å². The average Bonchev–Trinajstić information content (AvgIpc) is 3.03. The van der Waals surface area contributed by atoms with Crippen molar-refractivity contribution in [1.29, 1.82) is 0 Å². The van der Waals surface area contributed by atoms with Crippen molar-refractivity contribution >= 4 is 29.5 Å². The highest BCUT2D eigenvalue weighted by atomic mass is 16.2. The highest BCUT2D eigenvalue weighted by Gasteiger charge is 2.39. The molecule has 0 spiro atoms. The highest BCUT2D eigenvalue weighted by molar-refractivity contribution is 6.03.